The topological polar surface area (TPSA) is 29.1 Å². The van der Waals surface area contributed by atoms with E-state index in [1.165, 1.54) is 6.07 Å². The second-order valence-electron chi connectivity index (χ2n) is 4.23. The predicted molar refractivity (Wildman–Crippen MR) is 64.1 cm³/mol. The molecule has 90 valence electrons. The fourth-order valence-electron chi connectivity index (χ4n) is 2.08. The molecule has 0 fully saturated rings. The smallest absolute Gasteiger partial charge is 0.228 e. The first-order valence-electron chi connectivity index (χ1n) is 5.52. The third kappa shape index (κ3) is 1.76. The number of carbonyl (C=O) groups is 1. The number of nitrogens with one attached hydrogen (secondary N) is 1. The zero-order valence-electron chi connectivity index (χ0n) is 9.34. The molecule has 0 bridgehead atoms. The molecule has 1 aliphatic rings. The van der Waals surface area contributed by atoms with E-state index < -0.39 is 11.6 Å². The molecule has 1 heterocycles. The molecule has 2 nitrogen and oxygen atoms in total. The molecule has 0 radical (unpaired) electrons. The lowest BCUT2D eigenvalue weighted by Gasteiger charge is -2.05. The summed E-state index contributed by atoms with van der Waals surface area (Å²) in [6, 6.07) is 9.14. The molecular formula is C14H9F2NO. The SMILES string of the molecule is O=C1Cc2cc(-c3ccc(F)c(F)c3)ccc2N1. The van der Waals surface area contributed by atoms with Crippen molar-refractivity contribution in [1.82, 2.24) is 0 Å². The molecule has 0 saturated carbocycles. The van der Waals surface area contributed by atoms with E-state index in [-0.39, 0.29) is 5.91 Å². The fraction of sp³-hybridized carbons (Fsp3) is 0.0714. The van der Waals surface area contributed by atoms with Crippen molar-refractivity contribution in [2.24, 2.45) is 0 Å². The van der Waals surface area contributed by atoms with Crippen LogP contribution in [0.25, 0.3) is 11.1 Å². The highest BCUT2D eigenvalue weighted by atomic mass is 19.2. The maximum absolute atomic E-state index is 13.2. The van der Waals surface area contributed by atoms with E-state index in [0.29, 0.717) is 12.0 Å². The summed E-state index contributed by atoms with van der Waals surface area (Å²) in [5, 5.41) is 2.72. The lowest BCUT2D eigenvalue weighted by Crippen LogP contribution is -2.03. The van der Waals surface area contributed by atoms with Gasteiger partial charge in [0.05, 0.1) is 6.42 Å². The summed E-state index contributed by atoms with van der Waals surface area (Å²) in [5.41, 5.74) is 3.02. The van der Waals surface area contributed by atoms with Crippen LogP contribution in [0.2, 0.25) is 0 Å². The van der Waals surface area contributed by atoms with Crippen LogP contribution in [0.15, 0.2) is 36.4 Å². The van der Waals surface area contributed by atoms with Crippen molar-refractivity contribution in [1.29, 1.82) is 0 Å². The van der Waals surface area contributed by atoms with Crippen LogP contribution in [0, 0.1) is 11.6 Å². The average Bonchev–Trinajstić information content (AvgIpc) is 2.71. The predicted octanol–water partition coefficient (Wildman–Crippen LogP) is 3.13. The van der Waals surface area contributed by atoms with E-state index >= 15 is 0 Å². The van der Waals surface area contributed by atoms with Crippen molar-refractivity contribution in [3.63, 3.8) is 0 Å². The lowest BCUT2D eigenvalue weighted by molar-refractivity contribution is -0.115. The van der Waals surface area contributed by atoms with Gasteiger partial charge in [-0.05, 0) is 41.0 Å². The van der Waals surface area contributed by atoms with Gasteiger partial charge in [0, 0.05) is 5.69 Å². The zero-order chi connectivity index (χ0) is 12.7. The van der Waals surface area contributed by atoms with Crippen LogP contribution in [-0.4, -0.2) is 5.91 Å². The van der Waals surface area contributed by atoms with Gasteiger partial charge in [0.15, 0.2) is 11.6 Å². The summed E-state index contributed by atoms with van der Waals surface area (Å²) in [5.74, 6) is -1.79. The molecule has 2 aromatic rings. The Morgan fingerprint density at radius 1 is 0.944 bits per heavy atom. The summed E-state index contributed by atoms with van der Waals surface area (Å²) in [7, 11) is 0. The third-order valence-electron chi connectivity index (χ3n) is 2.98. The molecule has 1 amide bonds. The summed E-state index contributed by atoms with van der Waals surface area (Å²) in [6.45, 7) is 0. The van der Waals surface area contributed by atoms with E-state index in [9.17, 15) is 13.6 Å². The molecule has 1 aliphatic heterocycles. The van der Waals surface area contributed by atoms with Gasteiger partial charge in [0.2, 0.25) is 5.91 Å². The Labute approximate surface area is 102 Å². The summed E-state index contributed by atoms with van der Waals surface area (Å²) in [4.78, 5) is 11.2. The normalized spacial score (nSPS) is 13.3. The van der Waals surface area contributed by atoms with Crippen molar-refractivity contribution >= 4 is 11.6 Å². The number of carbonyl (C=O) groups excluding carboxylic acids is 1. The Kier molecular flexibility index (Phi) is 2.37. The quantitative estimate of drug-likeness (QED) is 0.821. The molecular weight excluding hydrogens is 236 g/mol. The van der Waals surface area contributed by atoms with E-state index in [4.69, 9.17) is 0 Å². The molecule has 4 heteroatoms. The van der Waals surface area contributed by atoms with Gasteiger partial charge in [-0.3, -0.25) is 4.79 Å². The second-order valence-corrected chi connectivity index (χ2v) is 4.23. The van der Waals surface area contributed by atoms with Crippen LogP contribution >= 0.6 is 0 Å². The molecule has 3 rings (SSSR count). The van der Waals surface area contributed by atoms with Crippen molar-refractivity contribution in [3.05, 3.63) is 53.6 Å². The number of benzene rings is 2. The number of fused-ring (bicyclic) bond motifs is 1. The van der Waals surface area contributed by atoms with Crippen LogP contribution in [0.1, 0.15) is 5.56 Å². The molecule has 2 aromatic carbocycles. The van der Waals surface area contributed by atoms with Crippen molar-refractivity contribution < 1.29 is 13.6 Å². The number of halogens is 2. The second kappa shape index (κ2) is 3.91. The molecule has 0 aromatic heterocycles. The van der Waals surface area contributed by atoms with Crippen LogP contribution in [0.3, 0.4) is 0 Å². The first kappa shape index (κ1) is 10.9. The summed E-state index contributed by atoms with van der Waals surface area (Å²) in [6.07, 6.45) is 0.326. The van der Waals surface area contributed by atoms with E-state index in [0.717, 1.165) is 28.9 Å². The summed E-state index contributed by atoms with van der Waals surface area (Å²) >= 11 is 0. The average molecular weight is 245 g/mol. The highest BCUT2D eigenvalue weighted by molar-refractivity contribution is 5.99. The number of hydrogen-bond acceptors (Lipinski definition) is 1. The van der Waals surface area contributed by atoms with Crippen LogP contribution in [0.5, 0.6) is 0 Å². The largest absolute Gasteiger partial charge is 0.326 e. The van der Waals surface area contributed by atoms with Crippen LogP contribution < -0.4 is 5.32 Å². The molecule has 0 unspecified atom stereocenters. The van der Waals surface area contributed by atoms with E-state index in [2.05, 4.69) is 5.32 Å². The maximum atomic E-state index is 13.2. The van der Waals surface area contributed by atoms with Crippen LogP contribution in [-0.2, 0) is 11.2 Å². The number of hydrogen-bond donors (Lipinski definition) is 1. The number of anilines is 1. The van der Waals surface area contributed by atoms with Crippen molar-refractivity contribution in [3.8, 4) is 11.1 Å². The van der Waals surface area contributed by atoms with E-state index in [1.54, 1.807) is 12.1 Å². The highest BCUT2D eigenvalue weighted by Crippen LogP contribution is 2.29. The Morgan fingerprint density at radius 2 is 1.67 bits per heavy atom. The maximum Gasteiger partial charge on any atom is 0.228 e. The Balaban J connectivity index is 2.05. The third-order valence-corrected chi connectivity index (χ3v) is 2.98. The van der Waals surface area contributed by atoms with Gasteiger partial charge in [0.25, 0.3) is 0 Å². The van der Waals surface area contributed by atoms with Gasteiger partial charge >= 0.3 is 0 Å². The Morgan fingerprint density at radius 3 is 2.44 bits per heavy atom. The van der Waals surface area contributed by atoms with Gasteiger partial charge in [-0.2, -0.15) is 0 Å². The standard InChI is InChI=1S/C14H9F2NO/c15-11-3-1-9(6-12(11)16)8-2-4-13-10(5-8)7-14(18)17-13/h1-6H,7H2,(H,17,18). The van der Waals surface area contributed by atoms with E-state index in [1.807, 2.05) is 6.07 Å². The fourth-order valence-corrected chi connectivity index (χ4v) is 2.08. The molecule has 18 heavy (non-hydrogen) atoms. The minimum absolute atomic E-state index is 0.0487. The minimum Gasteiger partial charge on any atom is -0.326 e. The number of amides is 1. The Bertz CT molecular complexity index is 652. The number of rotatable bonds is 1. The van der Waals surface area contributed by atoms with Gasteiger partial charge in [-0.1, -0.05) is 12.1 Å². The molecule has 0 saturated heterocycles. The van der Waals surface area contributed by atoms with Gasteiger partial charge < -0.3 is 5.32 Å². The summed E-state index contributed by atoms with van der Waals surface area (Å²) < 4.78 is 26.0. The molecule has 0 spiro atoms. The Hall–Kier alpha value is -2.23. The first-order valence-corrected chi connectivity index (χ1v) is 5.52. The molecule has 0 atom stereocenters. The first-order chi connectivity index (χ1) is 8.63. The van der Waals surface area contributed by atoms with Crippen LogP contribution in [0.4, 0.5) is 14.5 Å². The highest BCUT2D eigenvalue weighted by Gasteiger charge is 2.17. The zero-order valence-corrected chi connectivity index (χ0v) is 9.34. The van der Waals surface area contributed by atoms with Gasteiger partial charge in [0.1, 0.15) is 0 Å². The van der Waals surface area contributed by atoms with Crippen molar-refractivity contribution in [2.45, 2.75) is 6.42 Å². The minimum atomic E-state index is -0.873. The van der Waals surface area contributed by atoms with Gasteiger partial charge in [-0.15, -0.1) is 0 Å². The molecule has 0 aliphatic carbocycles. The van der Waals surface area contributed by atoms with Crippen molar-refractivity contribution in [2.75, 3.05) is 5.32 Å². The molecule has 1 N–H and O–H groups in total. The van der Waals surface area contributed by atoms with Gasteiger partial charge in [-0.25, -0.2) is 8.78 Å². The lowest BCUT2D eigenvalue weighted by atomic mass is 10.0. The monoisotopic (exact) mass is 245 g/mol.